The van der Waals surface area contributed by atoms with Crippen molar-refractivity contribution in [3.8, 4) is 0 Å². The van der Waals surface area contributed by atoms with Gasteiger partial charge < -0.3 is 4.57 Å². The second kappa shape index (κ2) is 9.20. The molecular weight excluding hydrogens is 368 g/mol. The number of hydrogen-bond acceptors (Lipinski definition) is 3. The molecule has 0 aliphatic heterocycles. The Kier molecular flexibility index (Phi) is 6.93. The Morgan fingerprint density at radius 2 is 1.59 bits per heavy atom. The van der Waals surface area contributed by atoms with E-state index in [-0.39, 0.29) is 4.08 Å². The summed E-state index contributed by atoms with van der Waals surface area (Å²) in [7, 11) is 0. The third-order valence-electron chi connectivity index (χ3n) is 4.44. The van der Waals surface area contributed by atoms with E-state index in [2.05, 4.69) is 109 Å². The molecule has 0 aliphatic carbocycles. The van der Waals surface area contributed by atoms with Crippen molar-refractivity contribution in [3.63, 3.8) is 0 Å². The number of rotatable bonds is 9. The maximum absolute atomic E-state index is 4.28. The molecule has 0 N–H and O–H groups in total. The predicted molar refractivity (Wildman–Crippen MR) is 122 cm³/mol. The largest absolute Gasteiger partial charge is 0.335 e. The number of hydrogen-bond donors (Lipinski definition) is 0. The average Bonchev–Trinajstić information content (AvgIpc) is 3.16. The Labute approximate surface area is 172 Å². The van der Waals surface area contributed by atoms with Crippen LogP contribution in [0.5, 0.6) is 0 Å². The molecule has 0 spiro atoms. The predicted octanol–water partition coefficient (Wildman–Crippen LogP) is 6.67. The molecule has 0 fully saturated rings. The maximum atomic E-state index is 4.28. The number of thioether (sulfide) groups is 2. The number of benzene rings is 2. The summed E-state index contributed by atoms with van der Waals surface area (Å²) in [6, 6.07) is 15.7. The van der Waals surface area contributed by atoms with Gasteiger partial charge in [-0.3, -0.25) is 0 Å². The zero-order valence-corrected chi connectivity index (χ0v) is 18.4. The quantitative estimate of drug-likeness (QED) is 0.375. The lowest BCUT2D eigenvalue weighted by atomic mass is 10.0. The van der Waals surface area contributed by atoms with Crippen LogP contribution in [0, 0.1) is 11.8 Å². The van der Waals surface area contributed by atoms with E-state index in [0.29, 0.717) is 11.8 Å². The monoisotopic (exact) mass is 398 g/mol. The summed E-state index contributed by atoms with van der Waals surface area (Å²) >= 11 is 4.19. The summed E-state index contributed by atoms with van der Waals surface area (Å²) in [6.45, 7) is 10.2. The molecule has 2 nitrogen and oxygen atoms in total. The van der Waals surface area contributed by atoms with Crippen LogP contribution in [-0.4, -0.2) is 21.1 Å². The minimum atomic E-state index is -0.0146. The Morgan fingerprint density at radius 1 is 0.926 bits per heavy atom. The number of nitrogens with zero attached hydrogens (tertiary/aromatic N) is 2. The molecular formula is C23H30N2S2. The van der Waals surface area contributed by atoms with Crippen LogP contribution in [0.4, 0.5) is 0 Å². The standard InChI is InChI=1S/C23H30N2S2/c1-18(2)14-26-23(27-15-19(3)4,16-25-12-11-24-17-25)22-10-9-20-7-5-6-8-21(20)13-22/h5-13,17-19H,14-16H2,1-4H3. The van der Waals surface area contributed by atoms with Crippen molar-refractivity contribution < 1.29 is 0 Å². The average molecular weight is 399 g/mol. The Hall–Kier alpha value is -1.39. The van der Waals surface area contributed by atoms with E-state index in [0.717, 1.165) is 18.1 Å². The lowest BCUT2D eigenvalue weighted by Gasteiger charge is -2.35. The molecule has 3 aromatic rings. The maximum Gasteiger partial charge on any atom is 0.104 e. The lowest BCUT2D eigenvalue weighted by Crippen LogP contribution is -2.27. The first kappa shape index (κ1) is 20.3. The van der Waals surface area contributed by atoms with E-state index >= 15 is 0 Å². The van der Waals surface area contributed by atoms with Crippen molar-refractivity contribution in [2.45, 2.75) is 38.3 Å². The third kappa shape index (κ3) is 5.32. The molecule has 0 radical (unpaired) electrons. The van der Waals surface area contributed by atoms with E-state index in [9.17, 15) is 0 Å². The van der Waals surface area contributed by atoms with Crippen LogP contribution in [0.15, 0.2) is 61.2 Å². The van der Waals surface area contributed by atoms with Crippen LogP contribution in [-0.2, 0) is 10.6 Å². The van der Waals surface area contributed by atoms with Crippen LogP contribution in [0.3, 0.4) is 0 Å². The van der Waals surface area contributed by atoms with Crippen molar-refractivity contribution in [2.75, 3.05) is 11.5 Å². The molecule has 2 aromatic carbocycles. The van der Waals surface area contributed by atoms with E-state index in [1.165, 1.54) is 16.3 Å². The van der Waals surface area contributed by atoms with Crippen molar-refractivity contribution in [2.24, 2.45) is 11.8 Å². The second-order valence-electron chi connectivity index (χ2n) is 7.96. The normalized spacial score (nSPS) is 12.4. The van der Waals surface area contributed by atoms with Gasteiger partial charge in [-0.15, -0.1) is 23.5 Å². The van der Waals surface area contributed by atoms with Gasteiger partial charge in [0.05, 0.1) is 12.9 Å². The first-order valence-corrected chi connectivity index (χ1v) is 11.7. The Morgan fingerprint density at radius 3 is 2.19 bits per heavy atom. The summed E-state index contributed by atoms with van der Waals surface area (Å²) in [6.07, 6.45) is 5.91. The smallest absolute Gasteiger partial charge is 0.104 e. The van der Waals surface area contributed by atoms with Gasteiger partial charge >= 0.3 is 0 Å². The molecule has 0 unspecified atom stereocenters. The molecule has 1 heterocycles. The Bertz CT molecular complexity index is 828. The summed E-state index contributed by atoms with van der Waals surface area (Å²) in [4.78, 5) is 4.28. The Balaban J connectivity index is 2.05. The van der Waals surface area contributed by atoms with Crippen LogP contribution < -0.4 is 0 Å². The third-order valence-corrected chi connectivity index (χ3v) is 8.47. The van der Waals surface area contributed by atoms with Gasteiger partial charge in [0.1, 0.15) is 4.08 Å². The molecule has 0 saturated carbocycles. The highest BCUT2D eigenvalue weighted by Crippen LogP contribution is 2.49. The van der Waals surface area contributed by atoms with E-state index in [1.807, 2.05) is 12.5 Å². The van der Waals surface area contributed by atoms with Gasteiger partial charge in [0.15, 0.2) is 0 Å². The molecule has 144 valence electrons. The summed E-state index contributed by atoms with van der Waals surface area (Å²) in [5.74, 6) is 3.62. The first-order valence-electron chi connectivity index (χ1n) is 9.71. The fraction of sp³-hybridized carbons (Fsp3) is 0.435. The molecule has 4 heteroatoms. The second-order valence-corrected chi connectivity index (χ2v) is 10.9. The molecule has 0 saturated heterocycles. The van der Waals surface area contributed by atoms with Gasteiger partial charge in [0, 0.05) is 12.4 Å². The molecule has 0 aliphatic rings. The van der Waals surface area contributed by atoms with Crippen molar-refractivity contribution in [1.29, 1.82) is 0 Å². The lowest BCUT2D eigenvalue weighted by molar-refractivity contribution is 0.640. The van der Waals surface area contributed by atoms with Gasteiger partial charge in [0.25, 0.3) is 0 Å². The van der Waals surface area contributed by atoms with Crippen LogP contribution in [0.2, 0.25) is 0 Å². The van der Waals surface area contributed by atoms with E-state index in [4.69, 9.17) is 0 Å². The number of fused-ring (bicyclic) bond motifs is 1. The van der Waals surface area contributed by atoms with Gasteiger partial charge in [-0.1, -0.05) is 64.1 Å². The zero-order valence-electron chi connectivity index (χ0n) is 16.8. The molecule has 0 amide bonds. The highest BCUT2D eigenvalue weighted by molar-refractivity contribution is 8.17. The summed E-state index contributed by atoms with van der Waals surface area (Å²) in [5.41, 5.74) is 1.41. The molecule has 27 heavy (non-hydrogen) atoms. The summed E-state index contributed by atoms with van der Waals surface area (Å²) in [5, 5.41) is 2.63. The number of aromatic nitrogens is 2. The zero-order chi connectivity index (χ0) is 19.3. The fourth-order valence-corrected chi connectivity index (χ4v) is 6.06. The van der Waals surface area contributed by atoms with Crippen LogP contribution in [0.1, 0.15) is 33.3 Å². The SMILES string of the molecule is CC(C)CSC(Cn1ccnc1)(SCC(C)C)c1ccc2ccccc2c1. The van der Waals surface area contributed by atoms with Crippen LogP contribution >= 0.6 is 23.5 Å². The van der Waals surface area contributed by atoms with Gasteiger partial charge in [-0.05, 0) is 45.7 Å². The van der Waals surface area contributed by atoms with E-state index < -0.39 is 0 Å². The van der Waals surface area contributed by atoms with Gasteiger partial charge in [0.2, 0.25) is 0 Å². The van der Waals surface area contributed by atoms with Crippen molar-refractivity contribution in [1.82, 2.24) is 9.55 Å². The highest BCUT2D eigenvalue weighted by atomic mass is 32.2. The first-order chi connectivity index (χ1) is 13.0. The van der Waals surface area contributed by atoms with Crippen LogP contribution in [0.25, 0.3) is 10.8 Å². The topological polar surface area (TPSA) is 17.8 Å². The van der Waals surface area contributed by atoms with Gasteiger partial charge in [-0.25, -0.2) is 4.98 Å². The molecule has 0 bridgehead atoms. The van der Waals surface area contributed by atoms with Crippen molar-refractivity contribution in [3.05, 3.63) is 66.7 Å². The number of imidazole rings is 1. The molecule has 1 aromatic heterocycles. The van der Waals surface area contributed by atoms with Crippen molar-refractivity contribution >= 4 is 34.3 Å². The summed E-state index contributed by atoms with van der Waals surface area (Å²) < 4.78 is 2.22. The van der Waals surface area contributed by atoms with Gasteiger partial charge in [-0.2, -0.15) is 0 Å². The van der Waals surface area contributed by atoms with E-state index in [1.54, 1.807) is 0 Å². The highest BCUT2D eigenvalue weighted by Gasteiger charge is 2.34. The molecule has 0 atom stereocenters. The molecule has 3 rings (SSSR count). The minimum absolute atomic E-state index is 0.0146. The fourth-order valence-electron chi connectivity index (χ4n) is 3.04. The minimum Gasteiger partial charge on any atom is -0.335 e.